The van der Waals surface area contributed by atoms with Crippen LogP contribution in [0.25, 0.3) is 0 Å². The summed E-state index contributed by atoms with van der Waals surface area (Å²) in [5, 5.41) is 3.26. The summed E-state index contributed by atoms with van der Waals surface area (Å²) in [6, 6.07) is 1.12. The minimum absolute atomic E-state index is 0.229. The van der Waals surface area contributed by atoms with Crippen molar-refractivity contribution in [3.63, 3.8) is 0 Å². The number of thiazole rings is 1. The SMILES string of the molecule is CC(=O)N1CCC2C(C[C@@H](CN3CCCC3)N2c2nccs2)C1. The number of carbonyl (C=O) groups excluding carboxylic acids is 1. The van der Waals surface area contributed by atoms with Crippen LogP contribution < -0.4 is 4.90 Å². The Labute approximate surface area is 142 Å². The summed E-state index contributed by atoms with van der Waals surface area (Å²) in [7, 11) is 0. The second-order valence-corrected chi connectivity index (χ2v) is 8.07. The Morgan fingerprint density at radius 3 is 2.87 bits per heavy atom. The lowest BCUT2D eigenvalue weighted by Crippen LogP contribution is -2.49. The van der Waals surface area contributed by atoms with Crippen LogP contribution in [0.15, 0.2) is 11.6 Å². The summed E-state index contributed by atoms with van der Waals surface area (Å²) >= 11 is 1.76. The molecule has 5 nitrogen and oxygen atoms in total. The van der Waals surface area contributed by atoms with E-state index < -0.39 is 0 Å². The molecule has 126 valence electrons. The lowest BCUT2D eigenvalue weighted by atomic mass is 9.92. The fraction of sp³-hybridized carbons (Fsp3) is 0.765. The van der Waals surface area contributed by atoms with Crippen molar-refractivity contribution in [2.45, 2.75) is 44.7 Å². The van der Waals surface area contributed by atoms with Crippen molar-refractivity contribution in [3.8, 4) is 0 Å². The van der Waals surface area contributed by atoms with Gasteiger partial charge in [0.05, 0.1) is 0 Å². The van der Waals surface area contributed by atoms with Gasteiger partial charge in [-0.15, -0.1) is 11.3 Å². The van der Waals surface area contributed by atoms with Crippen LogP contribution in [0.1, 0.15) is 32.6 Å². The number of rotatable bonds is 3. The molecule has 0 spiro atoms. The molecule has 3 aliphatic rings. The van der Waals surface area contributed by atoms with Gasteiger partial charge in [0.15, 0.2) is 5.13 Å². The van der Waals surface area contributed by atoms with Crippen molar-refractivity contribution >= 4 is 22.4 Å². The lowest BCUT2D eigenvalue weighted by molar-refractivity contribution is -0.130. The smallest absolute Gasteiger partial charge is 0.219 e. The quantitative estimate of drug-likeness (QED) is 0.848. The minimum atomic E-state index is 0.229. The first-order valence-electron chi connectivity index (χ1n) is 8.88. The van der Waals surface area contributed by atoms with Crippen LogP contribution in [0.3, 0.4) is 0 Å². The van der Waals surface area contributed by atoms with Crippen LogP contribution in [0.5, 0.6) is 0 Å². The Morgan fingerprint density at radius 1 is 1.35 bits per heavy atom. The van der Waals surface area contributed by atoms with Gasteiger partial charge in [0, 0.05) is 50.2 Å². The predicted octanol–water partition coefficient (Wildman–Crippen LogP) is 2.05. The summed E-state index contributed by atoms with van der Waals surface area (Å²) in [6.45, 7) is 7.18. The van der Waals surface area contributed by atoms with E-state index in [1.807, 2.05) is 11.1 Å². The first-order valence-corrected chi connectivity index (χ1v) is 9.76. The van der Waals surface area contributed by atoms with E-state index in [0.717, 1.165) is 26.1 Å². The van der Waals surface area contributed by atoms with E-state index in [9.17, 15) is 4.79 Å². The van der Waals surface area contributed by atoms with Crippen molar-refractivity contribution in [1.29, 1.82) is 0 Å². The largest absolute Gasteiger partial charge is 0.343 e. The predicted molar refractivity (Wildman–Crippen MR) is 92.8 cm³/mol. The van der Waals surface area contributed by atoms with Crippen LogP contribution in [0.4, 0.5) is 5.13 Å². The second kappa shape index (κ2) is 6.40. The summed E-state index contributed by atoms with van der Waals surface area (Å²) < 4.78 is 0. The molecule has 0 aliphatic carbocycles. The molecule has 1 aromatic rings. The topological polar surface area (TPSA) is 39.7 Å². The summed E-state index contributed by atoms with van der Waals surface area (Å²) in [4.78, 5) is 23.6. The van der Waals surface area contributed by atoms with Crippen molar-refractivity contribution in [3.05, 3.63) is 11.6 Å². The van der Waals surface area contributed by atoms with Crippen LogP contribution in [0, 0.1) is 5.92 Å². The Kier molecular flexibility index (Phi) is 4.28. The Hall–Kier alpha value is -1.14. The summed E-state index contributed by atoms with van der Waals surface area (Å²) in [6.07, 6.45) is 6.89. The molecule has 4 heterocycles. The van der Waals surface area contributed by atoms with E-state index >= 15 is 0 Å². The summed E-state index contributed by atoms with van der Waals surface area (Å²) in [5.74, 6) is 0.830. The summed E-state index contributed by atoms with van der Waals surface area (Å²) in [5.41, 5.74) is 0. The molecule has 0 aromatic carbocycles. The van der Waals surface area contributed by atoms with Crippen molar-refractivity contribution in [2.24, 2.45) is 5.92 Å². The Balaban J connectivity index is 1.53. The molecule has 3 aliphatic heterocycles. The second-order valence-electron chi connectivity index (χ2n) is 7.20. The molecule has 3 fully saturated rings. The minimum Gasteiger partial charge on any atom is -0.343 e. The highest BCUT2D eigenvalue weighted by Crippen LogP contribution is 2.40. The fourth-order valence-corrected chi connectivity index (χ4v) is 5.48. The number of fused-ring (bicyclic) bond motifs is 1. The monoisotopic (exact) mass is 334 g/mol. The maximum Gasteiger partial charge on any atom is 0.219 e. The number of anilines is 1. The first-order chi connectivity index (χ1) is 11.2. The van der Waals surface area contributed by atoms with Gasteiger partial charge in [-0.25, -0.2) is 4.98 Å². The van der Waals surface area contributed by atoms with E-state index in [2.05, 4.69) is 20.2 Å². The zero-order valence-electron chi connectivity index (χ0n) is 13.9. The van der Waals surface area contributed by atoms with Crippen molar-refractivity contribution in [1.82, 2.24) is 14.8 Å². The zero-order chi connectivity index (χ0) is 15.8. The van der Waals surface area contributed by atoms with Crippen molar-refractivity contribution < 1.29 is 4.79 Å². The molecule has 6 heteroatoms. The third kappa shape index (κ3) is 2.98. The first kappa shape index (κ1) is 15.4. The maximum atomic E-state index is 11.8. The normalized spacial score (nSPS) is 31.6. The number of aromatic nitrogens is 1. The Bertz CT molecular complexity index is 543. The highest BCUT2D eigenvalue weighted by atomic mass is 32.1. The van der Waals surface area contributed by atoms with Crippen LogP contribution >= 0.6 is 11.3 Å². The lowest BCUT2D eigenvalue weighted by Gasteiger charge is -2.38. The molecule has 2 unspecified atom stereocenters. The third-order valence-corrected chi connectivity index (χ3v) is 6.56. The zero-order valence-corrected chi connectivity index (χ0v) is 14.7. The average Bonchev–Trinajstić information content (AvgIpc) is 3.26. The molecule has 0 bridgehead atoms. The highest BCUT2D eigenvalue weighted by Gasteiger charge is 2.45. The van der Waals surface area contributed by atoms with Gasteiger partial charge in [0.2, 0.25) is 5.91 Å². The number of hydrogen-bond donors (Lipinski definition) is 0. The number of nitrogens with zero attached hydrogens (tertiary/aromatic N) is 4. The van der Waals surface area contributed by atoms with Gasteiger partial charge in [-0.1, -0.05) is 0 Å². The molecule has 0 N–H and O–H groups in total. The molecular weight excluding hydrogens is 308 g/mol. The van der Waals surface area contributed by atoms with Crippen LogP contribution in [0.2, 0.25) is 0 Å². The molecule has 1 aromatic heterocycles. The molecule has 0 radical (unpaired) electrons. The van der Waals surface area contributed by atoms with E-state index in [-0.39, 0.29) is 5.91 Å². The van der Waals surface area contributed by atoms with Gasteiger partial charge >= 0.3 is 0 Å². The molecule has 1 amide bonds. The van der Waals surface area contributed by atoms with E-state index in [1.165, 1.54) is 37.5 Å². The number of piperidine rings is 1. The Morgan fingerprint density at radius 2 is 2.17 bits per heavy atom. The molecule has 3 saturated heterocycles. The fourth-order valence-electron chi connectivity index (χ4n) is 4.70. The molecule has 23 heavy (non-hydrogen) atoms. The van der Waals surface area contributed by atoms with Crippen LogP contribution in [-0.2, 0) is 4.79 Å². The van der Waals surface area contributed by atoms with E-state index in [1.54, 1.807) is 18.3 Å². The van der Waals surface area contributed by atoms with Gasteiger partial charge < -0.3 is 14.7 Å². The van der Waals surface area contributed by atoms with Gasteiger partial charge in [0.25, 0.3) is 0 Å². The number of carbonyl (C=O) groups is 1. The molecular formula is C17H26N4OS. The number of amides is 1. The molecule has 3 atom stereocenters. The molecule has 4 rings (SSSR count). The van der Waals surface area contributed by atoms with Gasteiger partial charge in [-0.3, -0.25) is 4.79 Å². The standard InChI is InChI=1S/C17H26N4OS/c1-13(22)20-8-4-16-14(11-20)10-15(12-19-6-2-3-7-19)21(16)17-18-5-9-23-17/h5,9,14-16H,2-4,6-8,10-12H2,1H3/t14?,15-,16?/m0/s1. The third-order valence-electron chi connectivity index (χ3n) is 5.77. The average molecular weight is 334 g/mol. The van der Waals surface area contributed by atoms with E-state index in [0.29, 0.717) is 18.0 Å². The highest BCUT2D eigenvalue weighted by molar-refractivity contribution is 7.13. The molecule has 0 saturated carbocycles. The maximum absolute atomic E-state index is 11.8. The van der Waals surface area contributed by atoms with Crippen LogP contribution in [-0.4, -0.2) is 65.5 Å². The van der Waals surface area contributed by atoms with Crippen molar-refractivity contribution in [2.75, 3.05) is 37.6 Å². The number of likely N-dealkylation sites (tertiary alicyclic amines) is 2. The van der Waals surface area contributed by atoms with Gasteiger partial charge in [-0.2, -0.15) is 0 Å². The number of hydrogen-bond acceptors (Lipinski definition) is 5. The van der Waals surface area contributed by atoms with Gasteiger partial charge in [-0.05, 0) is 44.7 Å². The van der Waals surface area contributed by atoms with Gasteiger partial charge in [0.1, 0.15) is 0 Å². The van der Waals surface area contributed by atoms with E-state index in [4.69, 9.17) is 0 Å².